The van der Waals surface area contributed by atoms with Crippen LogP contribution in [0.2, 0.25) is 0 Å². The molecule has 0 fully saturated rings. The smallest absolute Gasteiger partial charge is 0.135 e. The van der Waals surface area contributed by atoms with Crippen LogP contribution in [0.25, 0.3) is 27.6 Å². The van der Waals surface area contributed by atoms with Crippen LogP contribution in [0, 0.1) is 18.8 Å². The Hall–Kier alpha value is -4.34. The Bertz CT molecular complexity index is 1910. The van der Waals surface area contributed by atoms with Crippen molar-refractivity contribution in [3.63, 3.8) is 0 Å². The number of nitrogens with zero attached hydrogens (tertiary/aromatic N) is 4. The van der Waals surface area contributed by atoms with Crippen LogP contribution in [0.4, 0.5) is 11.4 Å². The summed E-state index contributed by atoms with van der Waals surface area (Å²) >= 11 is 0. The molecule has 0 amide bonds. The predicted octanol–water partition coefficient (Wildman–Crippen LogP) is 8.78. The van der Waals surface area contributed by atoms with E-state index in [-0.39, 0.29) is 26.5 Å². The standard InChI is InChI=1S/C36H29N4O.Pt/c1-36(2,3)26-10-8-11-27(22-26)38-20-21-39(25-38)28-12-9-13-29(23-28)41-30-17-18-32-31-14-4-5-15-33(31)40(34(32)24-30)35-16-6-7-19-37-35;/h4-22,25H,1-3H3;/q-3;. The average Bonchev–Trinajstić information content (AvgIpc) is 3.61. The summed E-state index contributed by atoms with van der Waals surface area (Å²) in [6.45, 7) is 8.75. The van der Waals surface area contributed by atoms with Crippen LogP contribution in [-0.4, -0.2) is 9.55 Å². The van der Waals surface area contributed by atoms with E-state index in [1.54, 1.807) is 0 Å². The maximum absolute atomic E-state index is 6.32. The molecule has 1 aliphatic rings. The Morgan fingerprint density at radius 2 is 1.52 bits per heavy atom. The van der Waals surface area contributed by atoms with Gasteiger partial charge in [-0.15, -0.1) is 48.1 Å². The topological polar surface area (TPSA) is 33.5 Å². The second kappa shape index (κ2) is 11.1. The monoisotopic (exact) mass is 728 g/mol. The number of hydrogen-bond acceptors (Lipinski definition) is 4. The minimum Gasteiger partial charge on any atom is -0.509 e. The molecule has 0 atom stereocenters. The first kappa shape index (κ1) is 27.8. The number of rotatable bonds is 5. The number of pyridine rings is 1. The van der Waals surface area contributed by atoms with Crippen LogP contribution in [0.3, 0.4) is 0 Å². The van der Waals surface area contributed by atoms with Crippen molar-refractivity contribution in [2.24, 2.45) is 0 Å². The van der Waals surface area contributed by atoms with Crippen molar-refractivity contribution in [1.82, 2.24) is 9.55 Å². The zero-order valence-corrected chi connectivity index (χ0v) is 25.8. The Balaban J connectivity index is 0.00000316. The Kier molecular flexibility index (Phi) is 7.38. The molecule has 42 heavy (non-hydrogen) atoms. The largest absolute Gasteiger partial charge is 0.509 e. The number of aromatic nitrogens is 2. The molecule has 0 aliphatic carbocycles. The number of anilines is 2. The molecule has 3 heterocycles. The van der Waals surface area contributed by atoms with E-state index in [0.29, 0.717) is 11.5 Å². The minimum absolute atomic E-state index is 0. The summed E-state index contributed by atoms with van der Waals surface area (Å²) in [5.41, 5.74) is 5.39. The molecule has 0 unspecified atom stereocenters. The van der Waals surface area contributed by atoms with Crippen molar-refractivity contribution < 1.29 is 25.8 Å². The van der Waals surface area contributed by atoms with Gasteiger partial charge in [-0.25, -0.2) is 4.98 Å². The summed E-state index contributed by atoms with van der Waals surface area (Å²) in [4.78, 5) is 8.78. The third kappa shape index (κ3) is 5.21. The van der Waals surface area contributed by atoms with Crippen LogP contribution in [-0.2, 0) is 26.5 Å². The van der Waals surface area contributed by atoms with Gasteiger partial charge in [-0.3, -0.25) is 0 Å². The SMILES string of the molecule is CC(C)(C)c1cccc(N2C=CN(c3[c-]c(Oc4[c-]c5c(cc4)c4ccccc4n5-c4ccccn4)ccc3)[CH-]2)c1.[Pt]. The van der Waals surface area contributed by atoms with E-state index in [1.165, 1.54) is 5.56 Å². The van der Waals surface area contributed by atoms with Crippen LogP contribution in [0.5, 0.6) is 11.5 Å². The molecule has 0 N–H and O–H groups in total. The van der Waals surface area contributed by atoms with E-state index in [2.05, 4.69) is 109 Å². The molecule has 5 nitrogen and oxygen atoms in total. The molecule has 1 aliphatic heterocycles. The van der Waals surface area contributed by atoms with E-state index in [9.17, 15) is 0 Å². The van der Waals surface area contributed by atoms with Gasteiger partial charge in [0.2, 0.25) is 0 Å². The molecule has 6 aromatic rings. The molecule has 212 valence electrons. The number of hydrogen-bond donors (Lipinski definition) is 0. The summed E-state index contributed by atoms with van der Waals surface area (Å²) in [7, 11) is 0. The maximum atomic E-state index is 6.32. The summed E-state index contributed by atoms with van der Waals surface area (Å²) in [6, 6.07) is 39.8. The first-order valence-corrected chi connectivity index (χ1v) is 13.7. The summed E-state index contributed by atoms with van der Waals surface area (Å²) < 4.78 is 8.44. The zero-order chi connectivity index (χ0) is 28.0. The van der Waals surface area contributed by atoms with Crippen LogP contribution in [0.15, 0.2) is 116 Å². The van der Waals surface area contributed by atoms with Gasteiger partial charge in [-0.2, -0.15) is 12.1 Å². The second-order valence-corrected chi connectivity index (χ2v) is 11.2. The Morgan fingerprint density at radius 1 is 0.738 bits per heavy atom. The van der Waals surface area contributed by atoms with E-state index < -0.39 is 0 Å². The van der Waals surface area contributed by atoms with Crippen molar-refractivity contribution in [3.8, 4) is 17.3 Å². The molecule has 0 bridgehead atoms. The van der Waals surface area contributed by atoms with Gasteiger partial charge >= 0.3 is 0 Å². The first-order chi connectivity index (χ1) is 19.9. The fraction of sp³-hybridized carbons (Fsp3) is 0.111. The number of ether oxygens (including phenoxy) is 1. The molecule has 0 saturated carbocycles. The quantitative estimate of drug-likeness (QED) is 0.166. The molecule has 2 aromatic heterocycles. The number of fused-ring (bicyclic) bond motifs is 3. The van der Waals surface area contributed by atoms with Gasteiger partial charge in [0.1, 0.15) is 5.82 Å². The van der Waals surface area contributed by atoms with Crippen LogP contribution >= 0.6 is 0 Å². The van der Waals surface area contributed by atoms with Crippen molar-refractivity contribution in [3.05, 3.63) is 140 Å². The number of para-hydroxylation sites is 1. The van der Waals surface area contributed by atoms with Crippen molar-refractivity contribution in [2.75, 3.05) is 9.80 Å². The molecule has 6 heteroatoms. The van der Waals surface area contributed by atoms with Crippen molar-refractivity contribution in [1.29, 1.82) is 0 Å². The first-order valence-electron chi connectivity index (χ1n) is 13.7. The average molecular weight is 729 g/mol. The molecule has 7 rings (SSSR count). The summed E-state index contributed by atoms with van der Waals surface area (Å²) in [5, 5.41) is 2.25. The van der Waals surface area contributed by atoms with Gasteiger partial charge < -0.3 is 19.1 Å². The van der Waals surface area contributed by atoms with Gasteiger partial charge in [0.25, 0.3) is 0 Å². The zero-order valence-electron chi connectivity index (χ0n) is 23.6. The fourth-order valence-corrected chi connectivity index (χ4v) is 5.21. The molecular weight excluding hydrogens is 700 g/mol. The van der Waals surface area contributed by atoms with Crippen molar-refractivity contribution >= 4 is 33.2 Å². The van der Waals surface area contributed by atoms with E-state index in [1.807, 2.05) is 65.8 Å². The molecular formula is C36H29N4OPt-3. The Labute approximate surface area is 260 Å². The minimum atomic E-state index is 0. The van der Waals surface area contributed by atoms with E-state index in [4.69, 9.17) is 4.74 Å². The molecule has 4 aromatic carbocycles. The van der Waals surface area contributed by atoms with Gasteiger partial charge in [-0.1, -0.05) is 62.7 Å². The maximum Gasteiger partial charge on any atom is 0.135 e. The normalized spacial score (nSPS) is 13.1. The van der Waals surface area contributed by atoms with Gasteiger partial charge in [0.15, 0.2) is 0 Å². The molecule has 0 radical (unpaired) electrons. The van der Waals surface area contributed by atoms with Crippen molar-refractivity contribution in [2.45, 2.75) is 26.2 Å². The second-order valence-electron chi connectivity index (χ2n) is 11.2. The van der Waals surface area contributed by atoms with Gasteiger partial charge in [0.05, 0.1) is 0 Å². The third-order valence-electron chi connectivity index (χ3n) is 7.33. The van der Waals surface area contributed by atoms with Crippen LogP contribution in [0.1, 0.15) is 26.3 Å². The summed E-state index contributed by atoms with van der Waals surface area (Å²) in [6.07, 6.45) is 5.90. The Morgan fingerprint density at radius 3 is 2.36 bits per heavy atom. The fourth-order valence-electron chi connectivity index (χ4n) is 5.21. The third-order valence-corrected chi connectivity index (χ3v) is 7.33. The van der Waals surface area contributed by atoms with Gasteiger partial charge in [0, 0.05) is 50.0 Å². The number of benzene rings is 4. The molecule has 0 spiro atoms. The summed E-state index contributed by atoms with van der Waals surface area (Å²) in [5.74, 6) is 2.08. The van der Waals surface area contributed by atoms with E-state index >= 15 is 0 Å². The predicted molar refractivity (Wildman–Crippen MR) is 166 cm³/mol. The van der Waals surface area contributed by atoms with E-state index in [0.717, 1.165) is 39.0 Å². The van der Waals surface area contributed by atoms with Crippen LogP contribution < -0.4 is 14.5 Å². The van der Waals surface area contributed by atoms with Gasteiger partial charge in [-0.05, 0) is 59.1 Å². The molecule has 0 saturated heterocycles.